The van der Waals surface area contributed by atoms with Gasteiger partial charge in [0.25, 0.3) is 0 Å². The Morgan fingerprint density at radius 2 is 2.09 bits per heavy atom. The van der Waals surface area contributed by atoms with Crippen LogP contribution >= 0.6 is 22.7 Å². The highest BCUT2D eigenvalue weighted by Gasteiger charge is 2.49. The number of aromatic nitrogens is 7. The Morgan fingerprint density at radius 1 is 1.22 bits per heavy atom. The van der Waals surface area contributed by atoms with Gasteiger partial charge in [0.2, 0.25) is 5.88 Å². The summed E-state index contributed by atoms with van der Waals surface area (Å²) in [5.41, 5.74) is 11.6. The van der Waals surface area contributed by atoms with Gasteiger partial charge in [0.15, 0.2) is 23.1 Å². The van der Waals surface area contributed by atoms with Gasteiger partial charge >= 0.3 is 0 Å². The van der Waals surface area contributed by atoms with Crippen molar-refractivity contribution in [2.75, 3.05) is 19.3 Å². The molecule has 5 aromatic heterocycles. The van der Waals surface area contributed by atoms with E-state index in [0.717, 1.165) is 79.7 Å². The van der Waals surface area contributed by atoms with Crippen LogP contribution in [0.5, 0.6) is 5.88 Å². The predicted octanol–water partition coefficient (Wildman–Crippen LogP) is 5.17. The molecule has 0 aromatic carbocycles. The number of thiazole rings is 1. The quantitative estimate of drug-likeness (QED) is 0.261. The summed E-state index contributed by atoms with van der Waals surface area (Å²) in [6, 6.07) is 4.49. The second-order valence-electron chi connectivity index (χ2n) is 12.2. The number of nitrogen functional groups attached to an aromatic ring is 1. The monoisotopic (exact) mass is 640 g/mol. The first-order chi connectivity index (χ1) is 21.9. The van der Waals surface area contributed by atoms with E-state index in [1.165, 1.54) is 27.6 Å². The Kier molecular flexibility index (Phi) is 6.92. The van der Waals surface area contributed by atoms with Crippen molar-refractivity contribution in [3.05, 3.63) is 51.3 Å². The van der Waals surface area contributed by atoms with Gasteiger partial charge in [-0.3, -0.25) is 9.88 Å². The lowest BCUT2D eigenvalue weighted by molar-refractivity contribution is 0.117. The lowest BCUT2D eigenvalue weighted by Gasteiger charge is -2.39. The lowest BCUT2D eigenvalue weighted by atomic mass is 9.63. The molecule has 230 valence electrons. The molecule has 0 unspecified atom stereocenters. The van der Waals surface area contributed by atoms with Crippen molar-refractivity contribution in [1.82, 2.24) is 40.0 Å². The second kappa shape index (κ2) is 11.0. The average molecular weight is 641 g/mol. The average Bonchev–Trinajstić information content (AvgIpc) is 3.87. The molecule has 5 aromatic rings. The summed E-state index contributed by atoms with van der Waals surface area (Å²) in [7, 11) is 2.14. The van der Waals surface area contributed by atoms with E-state index < -0.39 is 5.41 Å². The zero-order valence-corrected chi connectivity index (χ0v) is 26.7. The minimum absolute atomic E-state index is 0.0831. The topological polar surface area (TPSA) is 158 Å². The van der Waals surface area contributed by atoms with Crippen molar-refractivity contribution >= 4 is 27.7 Å². The molecule has 14 heteroatoms. The molecule has 1 aliphatic heterocycles. The smallest absolute Gasteiger partial charge is 0.219 e. The van der Waals surface area contributed by atoms with Crippen LogP contribution in [0.15, 0.2) is 28.5 Å². The molecule has 2 aliphatic carbocycles. The van der Waals surface area contributed by atoms with Crippen LogP contribution < -0.4 is 10.5 Å². The first-order valence-corrected chi connectivity index (χ1v) is 17.0. The maximum atomic E-state index is 10.1. The van der Waals surface area contributed by atoms with E-state index in [2.05, 4.69) is 45.4 Å². The van der Waals surface area contributed by atoms with Crippen LogP contribution in [0.3, 0.4) is 0 Å². The van der Waals surface area contributed by atoms with Crippen molar-refractivity contribution in [3.8, 4) is 39.9 Å². The maximum absolute atomic E-state index is 10.1. The molecule has 12 nitrogen and oxygen atoms in total. The number of hydrogen-bond donors (Lipinski definition) is 1. The number of nitrogens with zero attached hydrogens (tertiary/aromatic N) is 9. The zero-order valence-electron chi connectivity index (χ0n) is 25.1. The van der Waals surface area contributed by atoms with Crippen LogP contribution in [0.1, 0.15) is 72.8 Å². The van der Waals surface area contributed by atoms with Gasteiger partial charge in [-0.15, -0.1) is 27.8 Å². The van der Waals surface area contributed by atoms with E-state index in [4.69, 9.17) is 25.0 Å². The van der Waals surface area contributed by atoms with Gasteiger partial charge in [-0.1, -0.05) is 10.4 Å². The number of rotatable bonds is 6. The number of likely N-dealkylation sites (N-methyl/N-ethyl adjacent to an activating group) is 1. The molecule has 3 atom stereocenters. The summed E-state index contributed by atoms with van der Waals surface area (Å²) >= 11 is 3.03. The standard InChI is InChI=1S/C31H32N10O2S2/c1-17(21-7-5-11-40(21)2)42-25-12-24(41-15-20(37-39-41)23-14-34-16-44-23)35-30(36-25)27-18-6-3-9-31(28(18)43-38-27)10-4-8-22-26(31)19(13-32)29(33)45-22/h12,14-17,21H,3-11,33H2,1-2H3/t17-,21-,31-/m0/s1. The van der Waals surface area contributed by atoms with Crippen LogP contribution in [0.2, 0.25) is 0 Å². The lowest BCUT2D eigenvalue weighted by Crippen LogP contribution is -2.38. The summed E-state index contributed by atoms with van der Waals surface area (Å²) in [5.74, 6) is 2.18. The highest BCUT2D eigenvalue weighted by atomic mass is 32.1. The van der Waals surface area contributed by atoms with Crippen LogP contribution in [-0.2, 0) is 18.3 Å². The molecule has 0 radical (unpaired) electrons. The molecular weight excluding hydrogens is 609 g/mol. The number of anilines is 1. The fourth-order valence-electron chi connectivity index (χ4n) is 7.54. The van der Waals surface area contributed by atoms with E-state index in [1.54, 1.807) is 22.5 Å². The van der Waals surface area contributed by atoms with E-state index >= 15 is 0 Å². The van der Waals surface area contributed by atoms with E-state index in [-0.39, 0.29) is 6.10 Å². The third-order valence-electron chi connectivity index (χ3n) is 9.60. The number of fused-ring (bicyclic) bond motifs is 4. The first-order valence-electron chi connectivity index (χ1n) is 15.3. The van der Waals surface area contributed by atoms with E-state index in [1.807, 2.05) is 6.20 Å². The molecule has 0 bridgehead atoms. The predicted molar refractivity (Wildman–Crippen MR) is 169 cm³/mol. The molecule has 6 heterocycles. The van der Waals surface area contributed by atoms with Crippen molar-refractivity contribution < 1.29 is 9.26 Å². The number of nitriles is 1. The second-order valence-corrected chi connectivity index (χ2v) is 14.2. The number of likely N-dealkylation sites (tertiary alicyclic amines) is 1. The summed E-state index contributed by atoms with van der Waals surface area (Å²) in [4.78, 5) is 18.5. The Bertz CT molecular complexity index is 1920. The van der Waals surface area contributed by atoms with E-state index in [0.29, 0.717) is 45.5 Å². The molecule has 8 rings (SSSR count). The van der Waals surface area contributed by atoms with Crippen molar-refractivity contribution in [3.63, 3.8) is 0 Å². The van der Waals surface area contributed by atoms with Crippen LogP contribution in [0, 0.1) is 11.3 Å². The minimum atomic E-state index is -0.431. The van der Waals surface area contributed by atoms with Crippen molar-refractivity contribution in [2.24, 2.45) is 0 Å². The fourth-order valence-corrected chi connectivity index (χ4v) is 9.27. The highest BCUT2D eigenvalue weighted by Crippen LogP contribution is 2.55. The van der Waals surface area contributed by atoms with E-state index in [9.17, 15) is 5.26 Å². The normalized spacial score (nSPS) is 21.8. The third kappa shape index (κ3) is 4.63. The molecule has 1 spiro atoms. The maximum Gasteiger partial charge on any atom is 0.219 e. The van der Waals surface area contributed by atoms with Crippen LogP contribution in [0.4, 0.5) is 5.00 Å². The third-order valence-corrected chi connectivity index (χ3v) is 11.5. The summed E-state index contributed by atoms with van der Waals surface area (Å²) in [6.45, 7) is 3.14. The number of hydrogen-bond acceptors (Lipinski definition) is 13. The number of thiophene rings is 1. The molecule has 3 aliphatic rings. The highest BCUT2D eigenvalue weighted by molar-refractivity contribution is 7.16. The molecule has 1 saturated heterocycles. The van der Waals surface area contributed by atoms with Crippen molar-refractivity contribution in [1.29, 1.82) is 5.26 Å². The SMILES string of the molecule is C[C@H](Oc1cc(-n2cc(-c3cncs3)nn2)nc(-c2noc3c2CCC[C@@]32CCCc3sc(N)c(C#N)c32)n1)[C@@H]1CCCN1C. The van der Waals surface area contributed by atoms with Gasteiger partial charge in [0.1, 0.15) is 22.9 Å². The molecule has 2 N–H and O–H groups in total. The van der Waals surface area contributed by atoms with Gasteiger partial charge in [-0.25, -0.2) is 9.67 Å². The summed E-state index contributed by atoms with van der Waals surface area (Å²) in [6.07, 6.45) is 11.1. The molecule has 0 amide bonds. The Morgan fingerprint density at radius 3 is 2.87 bits per heavy atom. The molecule has 45 heavy (non-hydrogen) atoms. The Labute approximate surface area is 267 Å². The minimum Gasteiger partial charge on any atom is -0.473 e. The van der Waals surface area contributed by atoms with Crippen LogP contribution in [0.25, 0.3) is 27.9 Å². The van der Waals surface area contributed by atoms with Gasteiger partial charge < -0.3 is 15.0 Å². The molecule has 0 saturated carbocycles. The number of ether oxygens (including phenoxy) is 1. The molecular formula is C31H32N10O2S2. The number of nitrogens with two attached hydrogens (primary N) is 1. The first kappa shape index (κ1) is 28.3. The van der Waals surface area contributed by atoms with Gasteiger partial charge in [-0.2, -0.15) is 10.2 Å². The van der Waals surface area contributed by atoms with Crippen LogP contribution in [-0.4, -0.2) is 65.7 Å². The largest absolute Gasteiger partial charge is 0.473 e. The number of aryl methyl sites for hydroxylation is 1. The fraction of sp³-hybridized carbons (Fsp3) is 0.452. The zero-order chi connectivity index (χ0) is 30.7. The Balaban J connectivity index is 1.23. The molecule has 1 fully saturated rings. The summed E-state index contributed by atoms with van der Waals surface area (Å²) in [5, 5.41) is 24.0. The van der Waals surface area contributed by atoms with Crippen molar-refractivity contribution in [2.45, 2.75) is 75.9 Å². The van der Waals surface area contributed by atoms with Gasteiger partial charge in [0, 0.05) is 28.7 Å². The van der Waals surface area contributed by atoms with Gasteiger partial charge in [-0.05, 0) is 77.4 Å². The summed E-state index contributed by atoms with van der Waals surface area (Å²) < 4.78 is 14.4. The van der Waals surface area contributed by atoms with Gasteiger partial charge in [0.05, 0.1) is 27.6 Å². The Hall–Kier alpha value is -4.19.